The fraction of sp³-hybridized carbons (Fsp3) is 0.429. The maximum absolute atomic E-state index is 13.2. The number of rotatable bonds is 9. The second-order valence-corrected chi connectivity index (χ2v) is 10.1. The molecule has 0 spiro atoms. The van der Waals surface area contributed by atoms with E-state index in [1.807, 2.05) is 35.0 Å². The molecular formula is C28H36N6O. The highest BCUT2D eigenvalue weighted by Crippen LogP contribution is 2.30. The third-order valence-electron chi connectivity index (χ3n) is 7.20. The number of fused-ring (bicyclic) bond motifs is 1. The number of nitrogens with one attached hydrogen (secondary N) is 1. The number of aromatic amines is 1. The van der Waals surface area contributed by atoms with E-state index in [1.165, 1.54) is 16.7 Å². The van der Waals surface area contributed by atoms with Crippen molar-refractivity contribution in [1.82, 2.24) is 30.1 Å². The molecule has 7 nitrogen and oxygen atoms in total. The maximum atomic E-state index is 13.2. The molecule has 0 bridgehead atoms. The molecule has 0 saturated carbocycles. The summed E-state index contributed by atoms with van der Waals surface area (Å²) in [5.74, 6) is 0.832. The fourth-order valence-electron chi connectivity index (χ4n) is 4.54. The van der Waals surface area contributed by atoms with Crippen LogP contribution in [0.25, 0.3) is 10.9 Å². The van der Waals surface area contributed by atoms with E-state index in [2.05, 4.69) is 85.2 Å². The average molecular weight is 473 g/mol. The van der Waals surface area contributed by atoms with Gasteiger partial charge in [-0.15, -0.1) is 5.10 Å². The molecule has 0 aliphatic rings. The topological polar surface area (TPSA) is 79.7 Å². The van der Waals surface area contributed by atoms with Crippen molar-refractivity contribution in [2.45, 2.75) is 79.1 Å². The molecule has 35 heavy (non-hydrogen) atoms. The highest BCUT2D eigenvalue weighted by atomic mass is 16.1. The zero-order valence-electron chi connectivity index (χ0n) is 21.7. The van der Waals surface area contributed by atoms with Crippen molar-refractivity contribution in [2.24, 2.45) is 0 Å². The molecule has 2 heterocycles. The molecule has 0 amide bonds. The Morgan fingerprint density at radius 2 is 1.74 bits per heavy atom. The normalized spacial score (nSPS) is 13.0. The van der Waals surface area contributed by atoms with E-state index in [9.17, 15) is 4.79 Å². The van der Waals surface area contributed by atoms with E-state index in [0.29, 0.717) is 13.1 Å². The van der Waals surface area contributed by atoms with E-state index >= 15 is 0 Å². The predicted octanol–water partition coefficient (Wildman–Crippen LogP) is 5.43. The first-order valence-electron chi connectivity index (χ1n) is 12.4. The van der Waals surface area contributed by atoms with Gasteiger partial charge in [0.25, 0.3) is 5.56 Å². The van der Waals surface area contributed by atoms with E-state index in [1.54, 1.807) is 0 Å². The van der Waals surface area contributed by atoms with Gasteiger partial charge >= 0.3 is 0 Å². The zero-order chi connectivity index (χ0) is 25.2. The van der Waals surface area contributed by atoms with Gasteiger partial charge in [-0.3, -0.25) is 9.69 Å². The second kappa shape index (κ2) is 10.1. The molecular weight excluding hydrogens is 436 g/mol. The van der Waals surface area contributed by atoms with Crippen LogP contribution in [0.15, 0.2) is 53.3 Å². The van der Waals surface area contributed by atoms with Crippen LogP contribution < -0.4 is 5.56 Å². The third kappa shape index (κ3) is 5.20. The Bertz CT molecular complexity index is 1360. The molecule has 2 aromatic carbocycles. The van der Waals surface area contributed by atoms with Crippen LogP contribution in [-0.4, -0.2) is 30.1 Å². The van der Waals surface area contributed by atoms with E-state index < -0.39 is 0 Å². The summed E-state index contributed by atoms with van der Waals surface area (Å²) < 4.78 is 1.95. The lowest BCUT2D eigenvalue weighted by atomic mass is 10.0. The molecule has 0 fully saturated rings. The van der Waals surface area contributed by atoms with E-state index in [-0.39, 0.29) is 17.1 Å². The summed E-state index contributed by atoms with van der Waals surface area (Å²) in [7, 11) is 0. The largest absolute Gasteiger partial charge is 0.322 e. The first kappa shape index (κ1) is 24.8. The van der Waals surface area contributed by atoms with Crippen LogP contribution in [0.4, 0.5) is 0 Å². The van der Waals surface area contributed by atoms with Gasteiger partial charge in [0, 0.05) is 24.2 Å². The van der Waals surface area contributed by atoms with Gasteiger partial charge in [-0.25, -0.2) is 4.68 Å². The summed E-state index contributed by atoms with van der Waals surface area (Å²) in [4.78, 5) is 18.6. The summed E-state index contributed by atoms with van der Waals surface area (Å²) in [6.45, 7) is 13.9. The number of aryl methyl sites for hydroxylation is 2. The number of H-pyrrole nitrogens is 1. The van der Waals surface area contributed by atoms with E-state index in [0.717, 1.165) is 35.1 Å². The number of benzene rings is 2. The maximum Gasteiger partial charge on any atom is 0.252 e. The van der Waals surface area contributed by atoms with E-state index in [4.69, 9.17) is 0 Å². The average Bonchev–Trinajstić information content (AvgIpc) is 3.32. The van der Waals surface area contributed by atoms with Crippen LogP contribution in [0.1, 0.15) is 74.7 Å². The summed E-state index contributed by atoms with van der Waals surface area (Å²) in [6, 6.07) is 16.5. The standard InChI is InChI=1S/C28H36N6O/c1-7-25(26-30-31-32-34(26)28(5,6)8-2)33(17-21-12-10-9-11-13-21)18-23-16-22-14-19(3)20(4)15-24(22)29-27(23)35/h9-16,25H,7-8,17-18H2,1-6H3,(H,29,35). The van der Waals surface area contributed by atoms with Crippen molar-refractivity contribution in [3.63, 3.8) is 0 Å². The van der Waals surface area contributed by atoms with Gasteiger partial charge in [-0.05, 0) is 91.2 Å². The lowest BCUT2D eigenvalue weighted by Crippen LogP contribution is -2.36. The summed E-state index contributed by atoms with van der Waals surface area (Å²) in [6.07, 6.45) is 1.72. The lowest BCUT2D eigenvalue weighted by molar-refractivity contribution is 0.150. The quantitative estimate of drug-likeness (QED) is 0.351. The number of aromatic nitrogens is 5. The second-order valence-electron chi connectivity index (χ2n) is 10.1. The Morgan fingerprint density at radius 1 is 1.03 bits per heavy atom. The van der Waals surface area contributed by atoms with Crippen molar-refractivity contribution in [3.8, 4) is 0 Å². The third-order valence-corrected chi connectivity index (χ3v) is 7.20. The molecule has 4 rings (SSSR count). The highest BCUT2D eigenvalue weighted by molar-refractivity contribution is 5.80. The van der Waals surface area contributed by atoms with Crippen LogP contribution in [-0.2, 0) is 18.6 Å². The number of hydrogen-bond donors (Lipinski definition) is 1. The minimum absolute atomic E-state index is 0.0501. The van der Waals surface area contributed by atoms with Crippen molar-refractivity contribution in [1.29, 1.82) is 0 Å². The smallest absolute Gasteiger partial charge is 0.252 e. The Kier molecular flexibility index (Phi) is 7.17. The minimum Gasteiger partial charge on any atom is -0.322 e. The predicted molar refractivity (Wildman–Crippen MR) is 140 cm³/mol. The monoisotopic (exact) mass is 472 g/mol. The van der Waals surface area contributed by atoms with Crippen molar-refractivity contribution < 1.29 is 0 Å². The molecule has 0 aliphatic heterocycles. The van der Waals surface area contributed by atoms with Gasteiger partial charge in [-0.1, -0.05) is 44.2 Å². The molecule has 1 N–H and O–H groups in total. The van der Waals surface area contributed by atoms with Gasteiger partial charge in [0.15, 0.2) is 5.82 Å². The Balaban J connectivity index is 1.78. The number of tetrazole rings is 1. The molecule has 2 aromatic heterocycles. The lowest BCUT2D eigenvalue weighted by Gasteiger charge is -2.33. The highest BCUT2D eigenvalue weighted by Gasteiger charge is 2.31. The Morgan fingerprint density at radius 3 is 2.43 bits per heavy atom. The number of pyridine rings is 1. The van der Waals surface area contributed by atoms with Crippen LogP contribution in [0, 0.1) is 13.8 Å². The first-order valence-corrected chi connectivity index (χ1v) is 12.4. The minimum atomic E-state index is -0.208. The summed E-state index contributed by atoms with van der Waals surface area (Å²) in [5.41, 5.74) is 4.92. The first-order chi connectivity index (χ1) is 16.7. The molecule has 0 saturated heterocycles. The molecule has 7 heteroatoms. The zero-order valence-corrected chi connectivity index (χ0v) is 21.7. The van der Waals surface area contributed by atoms with Gasteiger partial charge in [0.05, 0.1) is 11.6 Å². The van der Waals surface area contributed by atoms with Crippen molar-refractivity contribution >= 4 is 10.9 Å². The Labute approximate surface area is 207 Å². The van der Waals surface area contributed by atoms with Gasteiger partial charge in [-0.2, -0.15) is 0 Å². The SMILES string of the molecule is CCC(c1nnnn1C(C)(C)CC)N(Cc1ccccc1)Cc1cc2cc(C)c(C)cc2[nH]c1=O. The Hall–Kier alpha value is -3.32. The van der Waals surface area contributed by atoms with Crippen LogP contribution in [0.3, 0.4) is 0 Å². The van der Waals surface area contributed by atoms with Crippen LogP contribution in [0.5, 0.6) is 0 Å². The van der Waals surface area contributed by atoms with Gasteiger partial charge in [0.2, 0.25) is 0 Å². The van der Waals surface area contributed by atoms with Gasteiger partial charge < -0.3 is 4.98 Å². The number of hydrogen-bond acceptors (Lipinski definition) is 5. The molecule has 0 aliphatic carbocycles. The molecule has 0 radical (unpaired) electrons. The van der Waals surface area contributed by atoms with Crippen LogP contribution >= 0.6 is 0 Å². The summed E-state index contributed by atoms with van der Waals surface area (Å²) >= 11 is 0. The molecule has 1 unspecified atom stereocenters. The molecule has 4 aromatic rings. The molecule has 184 valence electrons. The van der Waals surface area contributed by atoms with Gasteiger partial charge in [0.1, 0.15) is 0 Å². The van der Waals surface area contributed by atoms with Crippen LogP contribution in [0.2, 0.25) is 0 Å². The molecule has 1 atom stereocenters. The summed E-state index contributed by atoms with van der Waals surface area (Å²) in [5, 5.41) is 13.9. The van der Waals surface area contributed by atoms with Crippen molar-refractivity contribution in [3.05, 3.63) is 87.0 Å². The number of nitrogens with zero attached hydrogens (tertiary/aromatic N) is 5. The fourth-order valence-corrected chi connectivity index (χ4v) is 4.54. The van der Waals surface area contributed by atoms with Crippen molar-refractivity contribution in [2.75, 3.05) is 0 Å².